The van der Waals surface area contributed by atoms with Crippen molar-refractivity contribution in [3.05, 3.63) is 47.8 Å². The van der Waals surface area contributed by atoms with E-state index in [4.69, 9.17) is 0 Å². The summed E-state index contributed by atoms with van der Waals surface area (Å²) in [5.41, 5.74) is 4.94. The van der Waals surface area contributed by atoms with Gasteiger partial charge in [0.05, 0.1) is 16.9 Å². The van der Waals surface area contributed by atoms with E-state index in [1.54, 1.807) is 0 Å². The lowest BCUT2D eigenvalue weighted by Crippen LogP contribution is -2.32. The minimum Gasteiger partial charge on any atom is -0.254 e. The molecule has 3 heteroatoms. The summed E-state index contributed by atoms with van der Waals surface area (Å²) in [5.74, 6) is 0.724. The average Bonchev–Trinajstić information content (AvgIpc) is 3.23. The van der Waals surface area contributed by atoms with E-state index in [0.29, 0.717) is 0 Å². The molecule has 0 amide bonds. The summed E-state index contributed by atoms with van der Waals surface area (Å²) in [6.07, 6.45) is 9.22. The van der Waals surface area contributed by atoms with Crippen LogP contribution in [0.2, 0.25) is 0 Å². The molecule has 0 radical (unpaired) electrons. The molecule has 3 heterocycles. The van der Waals surface area contributed by atoms with Crippen LogP contribution in [0.15, 0.2) is 36.7 Å². The predicted octanol–water partition coefficient (Wildman–Crippen LogP) is 4.85. The fraction of sp³-hybridized carbons (Fsp3) is 0.400. The molecule has 5 rings (SSSR count). The first-order valence-corrected chi connectivity index (χ1v) is 8.64. The third kappa shape index (κ3) is 1.71. The van der Waals surface area contributed by atoms with Gasteiger partial charge in [-0.3, -0.25) is 9.67 Å². The Labute approximate surface area is 136 Å². The molecular formula is C20H21N3. The van der Waals surface area contributed by atoms with Crippen molar-refractivity contribution >= 4 is 10.8 Å². The quantitative estimate of drug-likeness (QED) is 0.643. The standard InChI is InChI=1S/C20H21N3/c1-20(2)16-12-15(13-5-3-4-6-13)11-14-7-9-21-19(18(14)16)17-8-10-22-23(17)20/h7-13H,3-6H2,1-2H3. The SMILES string of the molecule is CC1(C)c2cc(C3CCCC3)cc3ccnc(c23)-c2ccnn21. The summed E-state index contributed by atoms with van der Waals surface area (Å²) >= 11 is 0. The second kappa shape index (κ2) is 4.44. The Hall–Kier alpha value is -2.16. The molecule has 3 aromatic rings. The summed E-state index contributed by atoms with van der Waals surface area (Å²) in [6, 6.07) is 9.09. The Morgan fingerprint density at radius 1 is 1.09 bits per heavy atom. The van der Waals surface area contributed by atoms with Crippen molar-refractivity contribution in [1.82, 2.24) is 14.8 Å². The highest BCUT2D eigenvalue weighted by molar-refractivity contribution is 5.99. The van der Waals surface area contributed by atoms with E-state index in [9.17, 15) is 0 Å². The molecule has 0 bridgehead atoms. The molecule has 116 valence electrons. The van der Waals surface area contributed by atoms with Crippen molar-refractivity contribution < 1.29 is 0 Å². The Balaban J connectivity index is 1.86. The van der Waals surface area contributed by atoms with Gasteiger partial charge >= 0.3 is 0 Å². The summed E-state index contributed by atoms with van der Waals surface area (Å²) in [7, 11) is 0. The number of hydrogen-bond donors (Lipinski definition) is 0. The lowest BCUT2D eigenvalue weighted by Gasteiger charge is -2.34. The fourth-order valence-corrected chi connectivity index (χ4v) is 4.55. The number of aromatic nitrogens is 3. The van der Waals surface area contributed by atoms with Gasteiger partial charge in [0.15, 0.2) is 0 Å². The molecule has 0 atom stereocenters. The van der Waals surface area contributed by atoms with Gasteiger partial charge in [0.2, 0.25) is 0 Å². The topological polar surface area (TPSA) is 30.7 Å². The highest BCUT2D eigenvalue weighted by Gasteiger charge is 2.35. The number of fused-ring (bicyclic) bond motifs is 2. The zero-order valence-electron chi connectivity index (χ0n) is 13.7. The van der Waals surface area contributed by atoms with Crippen molar-refractivity contribution in [1.29, 1.82) is 0 Å². The van der Waals surface area contributed by atoms with E-state index in [0.717, 1.165) is 17.3 Å². The van der Waals surface area contributed by atoms with Crippen LogP contribution in [0.5, 0.6) is 0 Å². The number of nitrogens with zero attached hydrogens (tertiary/aromatic N) is 3. The predicted molar refractivity (Wildman–Crippen MR) is 92.6 cm³/mol. The molecule has 0 N–H and O–H groups in total. The van der Waals surface area contributed by atoms with Crippen LogP contribution in [-0.4, -0.2) is 14.8 Å². The van der Waals surface area contributed by atoms with E-state index in [1.807, 2.05) is 12.4 Å². The zero-order chi connectivity index (χ0) is 15.6. The molecule has 0 unspecified atom stereocenters. The molecule has 1 aliphatic carbocycles. The van der Waals surface area contributed by atoms with Crippen molar-refractivity contribution in [3.8, 4) is 11.4 Å². The number of hydrogen-bond acceptors (Lipinski definition) is 2. The van der Waals surface area contributed by atoms with E-state index >= 15 is 0 Å². The average molecular weight is 303 g/mol. The minimum atomic E-state index is -0.137. The Morgan fingerprint density at radius 3 is 2.74 bits per heavy atom. The van der Waals surface area contributed by atoms with Gasteiger partial charge in [-0.2, -0.15) is 5.10 Å². The molecule has 2 aliphatic rings. The second-order valence-electron chi connectivity index (χ2n) is 7.49. The Bertz CT molecular complexity index is 914. The summed E-state index contributed by atoms with van der Waals surface area (Å²) in [6.45, 7) is 4.54. The molecule has 0 saturated heterocycles. The van der Waals surface area contributed by atoms with E-state index in [2.05, 4.69) is 52.9 Å². The van der Waals surface area contributed by atoms with Crippen LogP contribution in [0.25, 0.3) is 22.2 Å². The lowest BCUT2D eigenvalue weighted by molar-refractivity contribution is 0.393. The van der Waals surface area contributed by atoms with Crippen LogP contribution >= 0.6 is 0 Å². The first-order valence-electron chi connectivity index (χ1n) is 8.64. The van der Waals surface area contributed by atoms with Crippen LogP contribution in [-0.2, 0) is 5.54 Å². The maximum absolute atomic E-state index is 4.68. The lowest BCUT2D eigenvalue weighted by atomic mass is 9.82. The molecule has 2 aromatic heterocycles. The van der Waals surface area contributed by atoms with Gasteiger partial charge < -0.3 is 0 Å². The van der Waals surface area contributed by atoms with Gasteiger partial charge in [0.1, 0.15) is 0 Å². The van der Waals surface area contributed by atoms with Gasteiger partial charge in [-0.15, -0.1) is 0 Å². The molecule has 1 fully saturated rings. The molecule has 1 aromatic carbocycles. The number of benzene rings is 1. The molecule has 3 nitrogen and oxygen atoms in total. The van der Waals surface area contributed by atoms with Crippen LogP contribution < -0.4 is 0 Å². The summed E-state index contributed by atoms with van der Waals surface area (Å²) in [5, 5.41) is 7.24. The normalized spacial score (nSPS) is 19.2. The third-order valence-corrected chi connectivity index (χ3v) is 5.79. The maximum Gasteiger partial charge on any atom is 0.0965 e. The largest absolute Gasteiger partial charge is 0.254 e. The highest BCUT2D eigenvalue weighted by Crippen LogP contribution is 2.45. The van der Waals surface area contributed by atoms with E-state index in [-0.39, 0.29) is 5.54 Å². The smallest absolute Gasteiger partial charge is 0.0965 e. The molecule has 0 spiro atoms. The molecule has 23 heavy (non-hydrogen) atoms. The Kier molecular flexibility index (Phi) is 2.56. The molecular weight excluding hydrogens is 282 g/mol. The van der Waals surface area contributed by atoms with Gasteiger partial charge in [0, 0.05) is 17.8 Å². The third-order valence-electron chi connectivity index (χ3n) is 5.79. The Morgan fingerprint density at radius 2 is 1.91 bits per heavy atom. The zero-order valence-corrected chi connectivity index (χ0v) is 13.7. The second-order valence-corrected chi connectivity index (χ2v) is 7.49. The van der Waals surface area contributed by atoms with Crippen LogP contribution in [0.1, 0.15) is 56.6 Å². The fourth-order valence-electron chi connectivity index (χ4n) is 4.55. The first kappa shape index (κ1) is 13.3. The van der Waals surface area contributed by atoms with E-state index in [1.165, 1.54) is 47.6 Å². The van der Waals surface area contributed by atoms with Gasteiger partial charge in [-0.05, 0) is 61.3 Å². The van der Waals surface area contributed by atoms with Crippen molar-refractivity contribution in [2.45, 2.75) is 51.0 Å². The van der Waals surface area contributed by atoms with Crippen molar-refractivity contribution in [3.63, 3.8) is 0 Å². The molecule has 1 saturated carbocycles. The monoisotopic (exact) mass is 303 g/mol. The number of pyridine rings is 1. The van der Waals surface area contributed by atoms with Gasteiger partial charge in [-0.25, -0.2) is 0 Å². The maximum atomic E-state index is 4.68. The summed E-state index contributed by atoms with van der Waals surface area (Å²) < 4.78 is 2.13. The van der Waals surface area contributed by atoms with Crippen molar-refractivity contribution in [2.24, 2.45) is 0 Å². The van der Waals surface area contributed by atoms with Crippen LogP contribution in [0.4, 0.5) is 0 Å². The number of rotatable bonds is 1. The first-order chi connectivity index (χ1) is 11.2. The highest BCUT2D eigenvalue weighted by atomic mass is 15.3. The van der Waals surface area contributed by atoms with Gasteiger partial charge in [0.25, 0.3) is 0 Å². The molecule has 1 aliphatic heterocycles. The van der Waals surface area contributed by atoms with Crippen molar-refractivity contribution in [2.75, 3.05) is 0 Å². The summed E-state index contributed by atoms with van der Waals surface area (Å²) in [4.78, 5) is 4.68. The minimum absolute atomic E-state index is 0.137. The van der Waals surface area contributed by atoms with Gasteiger partial charge in [-0.1, -0.05) is 25.0 Å². The van der Waals surface area contributed by atoms with E-state index < -0.39 is 0 Å². The van der Waals surface area contributed by atoms with Crippen LogP contribution in [0, 0.1) is 0 Å². The van der Waals surface area contributed by atoms with Crippen LogP contribution in [0.3, 0.4) is 0 Å².